The van der Waals surface area contributed by atoms with Crippen molar-refractivity contribution in [2.24, 2.45) is 0 Å². The molecule has 0 aliphatic heterocycles. The Morgan fingerprint density at radius 2 is 1.85 bits per heavy atom. The van der Waals surface area contributed by atoms with Gasteiger partial charge in [-0.25, -0.2) is 9.48 Å². The van der Waals surface area contributed by atoms with E-state index in [1.54, 1.807) is 10.7 Å². The molecule has 2 aromatic rings. The van der Waals surface area contributed by atoms with Crippen LogP contribution in [0, 0.1) is 6.92 Å². The van der Waals surface area contributed by atoms with Crippen LogP contribution in [0.15, 0.2) is 30.3 Å². The number of carboxylic acid groups (broad SMARTS) is 1. The Morgan fingerprint density at radius 3 is 2.30 bits per heavy atom. The first-order chi connectivity index (χ1) is 9.56. The van der Waals surface area contributed by atoms with Gasteiger partial charge in [0.05, 0.1) is 5.69 Å². The van der Waals surface area contributed by atoms with Crippen molar-refractivity contribution in [3.05, 3.63) is 41.7 Å². The zero-order valence-electron chi connectivity index (χ0n) is 12.0. The maximum atomic E-state index is 10.9. The molecular weight excluding hydrogens is 254 g/mol. The van der Waals surface area contributed by atoms with Crippen molar-refractivity contribution < 1.29 is 9.90 Å². The van der Waals surface area contributed by atoms with Crippen molar-refractivity contribution in [2.75, 3.05) is 18.0 Å². The van der Waals surface area contributed by atoms with Crippen LogP contribution in [0.4, 0.5) is 5.69 Å². The molecule has 106 valence electrons. The first-order valence-electron chi connectivity index (χ1n) is 6.72. The Morgan fingerprint density at radius 1 is 1.25 bits per heavy atom. The van der Waals surface area contributed by atoms with Gasteiger partial charge >= 0.3 is 5.97 Å². The SMILES string of the molecule is CCN(CC)c1ccc(-n2nc(C(=O)O)cc2C)cc1. The third kappa shape index (κ3) is 2.66. The molecule has 0 saturated carbocycles. The number of benzene rings is 1. The van der Waals surface area contributed by atoms with Gasteiger partial charge in [0, 0.05) is 24.5 Å². The van der Waals surface area contributed by atoms with E-state index in [1.807, 2.05) is 31.2 Å². The van der Waals surface area contributed by atoms with E-state index in [4.69, 9.17) is 5.11 Å². The average Bonchev–Trinajstić information content (AvgIpc) is 2.83. The van der Waals surface area contributed by atoms with Gasteiger partial charge in [-0.05, 0) is 51.1 Å². The van der Waals surface area contributed by atoms with Crippen LogP contribution in [-0.2, 0) is 0 Å². The van der Waals surface area contributed by atoms with Crippen molar-refractivity contribution in [3.63, 3.8) is 0 Å². The van der Waals surface area contributed by atoms with E-state index in [1.165, 1.54) is 0 Å². The van der Waals surface area contributed by atoms with Gasteiger partial charge in [-0.2, -0.15) is 5.10 Å². The average molecular weight is 273 g/mol. The number of aromatic nitrogens is 2. The fourth-order valence-corrected chi connectivity index (χ4v) is 2.23. The van der Waals surface area contributed by atoms with Crippen molar-refractivity contribution in [2.45, 2.75) is 20.8 Å². The first-order valence-corrected chi connectivity index (χ1v) is 6.72. The molecule has 5 heteroatoms. The molecule has 1 N–H and O–H groups in total. The van der Waals surface area contributed by atoms with E-state index in [9.17, 15) is 4.79 Å². The third-order valence-electron chi connectivity index (χ3n) is 3.33. The molecule has 0 radical (unpaired) electrons. The maximum Gasteiger partial charge on any atom is 0.356 e. The van der Waals surface area contributed by atoms with Crippen LogP contribution in [0.2, 0.25) is 0 Å². The molecule has 0 aliphatic rings. The van der Waals surface area contributed by atoms with Crippen molar-refractivity contribution in [3.8, 4) is 5.69 Å². The Bertz CT molecular complexity index is 598. The molecule has 20 heavy (non-hydrogen) atoms. The van der Waals surface area contributed by atoms with Crippen molar-refractivity contribution in [1.29, 1.82) is 0 Å². The molecule has 0 bridgehead atoms. The summed E-state index contributed by atoms with van der Waals surface area (Å²) < 4.78 is 1.65. The number of nitrogens with zero attached hydrogens (tertiary/aromatic N) is 3. The molecule has 0 fully saturated rings. The molecule has 0 aliphatic carbocycles. The number of rotatable bonds is 5. The zero-order valence-corrected chi connectivity index (χ0v) is 12.0. The summed E-state index contributed by atoms with van der Waals surface area (Å²) in [4.78, 5) is 13.2. The summed E-state index contributed by atoms with van der Waals surface area (Å²) >= 11 is 0. The molecule has 5 nitrogen and oxygen atoms in total. The van der Waals surface area contributed by atoms with E-state index < -0.39 is 5.97 Å². The molecule has 1 heterocycles. The van der Waals surface area contributed by atoms with Gasteiger partial charge in [-0.1, -0.05) is 0 Å². The van der Waals surface area contributed by atoms with Crippen LogP contribution in [0.5, 0.6) is 0 Å². The zero-order chi connectivity index (χ0) is 14.7. The van der Waals surface area contributed by atoms with Crippen LogP contribution < -0.4 is 4.90 Å². The highest BCUT2D eigenvalue weighted by atomic mass is 16.4. The highest BCUT2D eigenvalue weighted by molar-refractivity contribution is 5.85. The van der Waals surface area contributed by atoms with E-state index in [0.29, 0.717) is 0 Å². The molecule has 0 atom stereocenters. The number of anilines is 1. The molecule has 2 rings (SSSR count). The summed E-state index contributed by atoms with van der Waals surface area (Å²) in [5.74, 6) is -1.01. The quantitative estimate of drug-likeness (QED) is 0.910. The van der Waals surface area contributed by atoms with Crippen LogP contribution in [-0.4, -0.2) is 33.9 Å². The summed E-state index contributed by atoms with van der Waals surface area (Å²) in [6.07, 6.45) is 0. The maximum absolute atomic E-state index is 10.9. The molecule has 0 amide bonds. The second-order valence-corrected chi connectivity index (χ2v) is 4.58. The number of hydrogen-bond acceptors (Lipinski definition) is 3. The van der Waals surface area contributed by atoms with Gasteiger partial charge in [0.15, 0.2) is 5.69 Å². The summed E-state index contributed by atoms with van der Waals surface area (Å²) in [6.45, 7) is 8.00. The third-order valence-corrected chi connectivity index (χ3v) is 3.33. The highest BCUT2D eigenvalue weighted by Gasteiger charge is 2.11. The lowest BCUT2D eigenvalue weighted by Crippen LogP contribution is -2.21. The van der Waals surface area contributed by atoms with Crippen LogP contribution in [0.1, 0.15) is 30.0 Å². The minimum atomic E-state index is -1.01. The minimum Gasteiger partial charge on any atom is -0.476 e. The van der Waals surface area contributed by atoms with Gasteiger partial charge in [-0.15, -0.1) is 0 Å². The van der Waals surface area contributed by atoms with E-state index >= 15 is 0 Å². The van der Waals surface area contributed by atoms with Crippen LogP contribution in [0.3, 0.4) is 0 Å². The molecule has 1 aromatic heterocycles. The Hall–Kier alpha value is -2.30. The number of aromatic carboxylic acids is 1. The van der Waals surface area contributed by atoms with Gasteiger partial charge in [0.25, 0.3) is 0 Å². The van der Waals surface area contributed by atoms with Crippen molar-refractivity contribution in [1.82, 2.24) is 9.78 Å². The molecular formula is C15H19N3O2. The topological polar surface area (TPSA) is 58.4 Å². The summed E-state index contributed by atoms with van der Waals surface area (Å²) in [7, 11) is 0. The lowest BCUT2D eigenvalue weighted by molar-refractivity contribution is 0.0690. The predicted octanol–water partition coefficient (Wildman–Crippen LogP) is 2.73. The summed E-state index contributed by atoms with van der Waals surface area (Å²) in [5, 5.41) is 13.1. The van der Waals surface area contributed by atoms with E-state index in [-0.39, 0.29) is 5.69 Å². The number of hydrogen-bond donors (Lipinski definition) is 1. The fraction of sp³-hybridized carbons (Fsp3) is 0.333. The fourth-order valence-electron chi connectivity index (χ4n) is 2.23. The van der Waals surface area contributed by atoms with Gasteiger partial charge < -0.3 is 10.0 Å². The lowest BCUT2D eigenvalue weighted by atomic mass is 10.2. The standard InChI is InChI=1S/C15H19N3O2/c1-4-17(5-2)12-6-8-13(9-7-12)18-11(3)10-14(16-18)15(19)20/h6-10H,4-5H2,1-3H3,(H,19,20). The largest absolute Gasteiger partial charge is 0.476 e. The number of carbonyl (C=O) groups is 1. The normalized spacial score (nSPS) is 10.6. The van der Waals surface area contributed by atoms with Gasteiger partial charge in [-0.3, -0.25) is 0 Å². The molecule has 0 spiro atoms. The second-order valence-electron chi connectivity index (χ2n) is 4.58. The minimum absolute atomic E-state index is 0.0651. The lowest BCUT2D eigenvalue weighted by Gasteiger charge is -2.21. The summed E-state index contributed by atoms with van der Waals surface area (Å²) in [6, 6.07) is 9.55. The molecule has 0 unspecified atom stereocenters. The molecule has 0 saturated heterocycles. The number of carboxylic acids is 1. The Labute approximate surface area is 118 Å². The monoisotopic (exact) mass is 273 g/mol. The van der Waals surface area contributed by atoms with E-state index in [0.717, 1.165) is 30.2 Å². The second kappa shape index (κ2) is 5.77. The summed E-state index contributed by atoms with van der Waals surface area (Å²) in [5.41, 5.74) is 2.89. The number of aryl methyl sites for hydroxylation is 1. The van der Waals surface area contributed by atoms with Crippen LogP contribution in [0.25, 0.3) is 5.69 Å². The predicted molar refractivity (Wildman–Crippen MR) is 78.8 cm³/mol. The van der Waals surface area contributed by atoms with Gasteiger partial charge in [0.2, 0.25) is 0 Å². The molecule has 1 aromatic carbocycles. The van der Waals surface area contributed by atoms with Crippen LogP contribution >= 0.6 is 0 Å². The first kappa shape index (κ1) is 14.1. The Balaban J connectivity index is 2.32. The van der Waals surface area contributed by atoms with Crippen molar-refractivity contribution >= 4 is 11.7 Å². The van der Waals surface area contributed by atoms with E-state index in [2.05, 4.69) is 23.8 Å². The highest BCUT2D eigenvalue weighted by Crippen LogP contribution is 2.18. The Kier molecular flexibility index (Phi) is 4.08. The van der Waals surface area contributed by atoms with Gasteiger partial charge in [0.1, 0.15) is 0 Å². The smallest absolute Gasteiger partial charge is 0.356 e.